The first kappa shape index (κ1) is 23.4. The van der Waals surface area contributed by atoms with Crippen LogP contribution in [0.2, 0.25) is 0 Å². The lowest BCUT2D eigenvalue weighted by atomic mass is 10.0. The molecule has 2 aromatic heterocycles. The fourth-order valence-electron chi connectivity index (χ4n) is 4.08. The highest BCUT2D eigenvalue weighted by molar-refractivity contribution is 7.33. The highest BCUT2D eigenvalue weighted by Crippen LogP contribution is 2.50. The number of amides is 1. The Morgan fingerprint density at radius 3 is 2.94 bits per heavy atom. The molecule has 2 bridgehead atoms. The second-order valence-corrected chi connectivity index (χ2v) is 8.78. The minimum absolute atomic E-state index is 0.0245. The van der Waals surface area contributed by atoms with Crippen LogP contribution < -0.4 is 5.32 Å². The smallest absolute Gasteiger partial charge is 0.393 e. The minimum atomic E-state index is -2.57. The van der Waals surface area contributed by atoms with E-state index in [4.69, 9.17) is 23.8 Å². The molecule has 180 valence electrons. The van der Waals surface area contributed by atoms with Crippen molar-refractivity contribution < 1.29 is 33.0 Å². The minimum Gasteiger partial charge on any atom is -0.393 e. The molecule has 3 aromatic rings. The van der Waals surface area contributed by atoms with Gasteiger partial charge in [0.1, 0.15) is 19.0 Å². The van der Waals surface area contributed by atoms with Crippen molar-refractivity contribution in [1.29, 1.82) is 5.26 Å². The van der Waals surface area contributed by atoms with Crippen molar-refractivity contribution in [2.45, 2.75) is 30.5 Å². The molecule has 2 aliphatic rings. The molecule has 5 atom stereocenters. The van der Waals surface area contributed by atoms with Crippen molar-refractivity contribution in [3.63, 3.8) is 0 Å². The van der Waals surface area contributed by atoms with Crippen LogP contribution in [0.15, 0.2) is 43.0 Å². The summed E-state index contributed by atoms with van der Waals surface area (Å²) in [5.41, 5.74) is -0.137. The summed E-state index contributed by atoms with van der Waals surface area (Å²) in [5.74, 6) is -0.141. The normalized spacial score (nSPS) is 25.5. The molecule has 2 aliphatic heterocycles. The fourth-order valence-corrected chi connectivity index (χ4v) is 4.88. The number of fused-ring (bicyclic) bond motifs is 3. The SMILES string of the molecule is N#CCCO[P+](=O)O[C@H]1[C@H]2OC[C@]1(CO)O[C@H]2n1cnc2c(NC(=O)c3ccccc3)ncnc21. The van der Waals surface area contributed by atoms with Crippen LogP contribution in [-0.4, -0.2) is 68.2 Å². The lowest BCUT2D eigenvalue weighted by molar-refractivity contribution is -0.184. The number of nitrogens with one attached hydrogen (secondary N) is 1. The van der Waals surface area contributed by atoms with Crippen molar-refractivity contribution in [3.8, 4) is 6.07 Å². The van der Waals surface area contributed by atoms with Crippen molar-refractivity contribution in [3.05, 3.63) is 48.5 Å². The van der Waals surface area contributed by atoms with E-state index in [0.717, 1.165) is 0 Å². The average Bonchev–Trinajstić information content (AvgIpc) is 3.55. The Bertz CT molecular complexity index is 1300. The first-order valence-electron chi connectivity index (χ1n) is 10.6. The highest BCUT2D eigenvalue weighted by Gasteiger charge is 2.66. The molecule has 4 heterocycles. The molecule has 5 rings (SSSR count). The van der Waals surface area contributed by atoms with Crippen LogP contribution in [0.5, 0.6) is 0 Å². The van der Waals surface area contributed by atoms with Crippen molar-refractivity contribution in [2.75, 3.05) is 25.1 Å². The number of hydrogen-bond acceptors (Lipinski definition) is 11. The second kappa shape index (κ2) is 9.71. The number of carbonyl (C=O) groups excluding carboxylic acids is 1. The van der Waals surface area contributed by atoms with Crippen molar-refractivity contribution in [2.24, 2.45) is 0 Å². The number of aliphatic hydroxyl groups excluding tert-OH is 1. The quantitative estimate of drug-likeness (QED) is 0.324. The summed E-state index contributed by atoms with van der Waals surface area (Å²) in [6, 6.07) is 10.6. The third kappa shape index (κ3) is 4.28. The molecule has 1 aromatic carbocycles. The summed E-state index contributed by atoms with van der Waals surface area (Å²) < 4.78 is 36.3. The topological polar surface area (TPSA) is 171 Å². The number of nitrogens with zero attached hydrogens (tertiary/aromatic N) is 5. The summed E-state index contributed by atoms with van der Waals surface area (Å²) in [6.07, 6.45) is 0.322. The zero-order valence-electron chi connectivity index (χ0n) is 18.2. The zero-order chi connectivity index (χ0) is 24.4. The maximum Gasteiger partial charge on any atom is 0.697 e. The summed E-state index contributed by atoms with van der Waals surface area (Å²) >= 11 is 0. The van der Waals surface area contributed by atoms with E-state index in [-0.39, 0.29) is 31.4 Å². The van der Waals surface area contributed by atoms with Gasteiger partial charge in [0.2, 0.25) is 0 Å². The molecule has 13 nitrogen and oxygen atoms in total. The van der Waals surface area contributed by atoms with Gasteiger partial charge in [-0.25, -0.2) is 15.0 Å². The number of benzene rings is 1. The van der Waals surface area contributed by atoms with E-state index in [0.29, 0.717) is 16.7 Å². The van der Waals surface area contributed by atoms with Gasteiger partial charge in [-0.3, -0.25) is 9.36 Å². The number of hydrogen-bond donors (Lipinski definition) is 2. The number of imidazole rings is 1. The molecule has 0 aliphatic carbocycles. The van der Waals surface area contributed by atoms with E-state index in [1.807, 2.05) is 12.1 Å². The monoisotopic (exact) mass is 499 g/mol. The fraction of sp³-hybridized carbons (Fsp3) is 0.381. The van der Waals surface area contributed by atoms with E-state index in [2.05, 4.69) is 20.3 Å². The highest BCUT2D eigenvalue weighted by atomic mass is 31.1. The van der Waals surface area contributed by atoms with Crippen LogP contribution in [0.3, 0.4) is 0 Å². The molecule has 2 N–H and O–H groups in total. The van der Waals surface area contributed by atoms with Crippen LogP contribution in [0.25, 0.3) is 11.2 Å². The molecular formula is C21H20N6O7P+. The number of rotatable bonds is 9. The third-order valence-corrected chi connectivity index (χ3v) is 6.54. The molecule has 2 saturated heterocycles. The van der Waals surface area contributed by atoms with E-state index in [1.54, 1.807) is 28.8 Å². The van der Waals surface area contributed by atoms with E-state index in [9.17, 15) is 14.5 Å². The average molecular weight is 499 g/mol. The molecule has 0 radical (unpaired) electrons. The number of ether oxygens (including phenoxy) is 2. The number of nitriles is 1. The summed E-state index contributed by atoms with van der Waals surface area (Å²) in [4.78, 5) is 25.4. The van der Waals surface area contributed by atoms with Gasteiger partial charge in [0.15, 0.2) is 34.9 Å². The lowest BCUT2D eigenvalue weighted by Gasteiger charge is -2.29. The van der Waals surface area contributed by atoms with Crippen LogP contribution in [0.4, 0.5) is 5.82 Å². The van der Waals surface area contributed by atoms with Gasteiger partial charge < -0.3 is 19.9 Å². The van der Waals surface area contributed by atoms with E-state index >= 15 is 0 Å². The molecule has 35 heavy (non-hydrogen) atoms. The molecule has 14 heteroatoms. The van der Waals surface area contributed by atoms with Crippen molar-refractivity contribution in [1.82, 2.24) is 19.5 Å². The van der Waals surface area contributed by atoms with Crippen LogP contribution in [-0.2, 0) is 23.1 Å². The second-order valence-electron chi connectivity index (χ2n) is 7.86. The largest absolute Gasteiger partial charge is 0.697 e. The maximum atomic E-state index is 12.6. The molecular weight excluding hydrogens is 479 g/mol. The van der Waals surface area contributed by atoms with Crippen LogP contribution in [0, 0.1) is 11.3 Å². The number of carbonyl (C=O) groups is 1. The van der Waals surface area contributed by atoms with Gasteiger partial charge in [0.05, 0.1) is 32.0 Å². The molecule has 0 saturated carbocycles. The summed E-state index contributed by atoms with van der Waals surface area (Å²) in [5, 5.41) is 21.4. The maximum absolute atomic E-state index is 12.6. The zero-order valence-corrected chi connectivity index (χ0v) is 19.1. The van der Waals surface area contributed by atoms with Gasteiger partial charge >= 0.3 is 8.25 Å². The number of aliphatic hydroxyl groups is 1. The third-order valence-electron chi connectivity index (χ3n) is 5.75. The lowest BCUT2D eigenvalue weighted by Crippen LogP contribution is -2.44. The Hall–Kier alpha value is -3.37. The van der Waals surface area contributed by atoms with E-state index in [1.165, 1.54) is 12.7 Å². The van der Waals surface area contributed by atoms with E-state index < -0.39 is 38.9 Å². The van der Waals surface area contributed by atoms with Gasteiger partial charge in [-0.05, 0) is 12.1 Å². The molecule has 1 amide bonds. The van der Waals surface area contributed by atoms with Gasteiger partial charge in [-0.15, -0.1) is 9.05 Å². The Morgan fingerprint density at radius 2 is 2.17 bits per heavy atom. The Balaban J connectivity index is 1.39. The standard InChI is InChI=1S/C21H19N6O7P/c22-7-4-8-32-35(30)34-16-15-20(33-21(16,9-28)10-31-15)27-12-25-14-17(23-11-24-18(14)27)26-19(29)13-5-2-1-3-6-13/h1-3,5-6,11-12,15-16,20,28H,4,8-10H2/p+1/t15-,16+,20-,21+/m1/s1. The molecule has 2 fully saturated rings. The number of aromatic nitrogens is 4. The predicted molar refractivity (Wildman–Crippen MR) is 118 cm³/mol. The first-order chi connectivity index (χ1) is 17.1. The Labute approximate surface area is 199 Å². The number of anilines is 1. The van der Waals surface area contributed by atoms with Gasteiger partial charge in [-0.1, -0.05) is 18.2 Å². The summed E-state index contributed by atoms with van der Waals surface area (Å²) in [6.45, 7) is -0.482. The van der Waals surface area contributed by atoms with Gasteiger partial charge in [-0.2, -0.15) is 5.26 Å². The Kier molecular flexibility index (Phi) is 6.48. The van der Waals surface area contributed by atoms with Gasteiger partial charge in [0, 0.05) is 10.1 Å². The van der Waals surface area contributed by atoms with Gasteiger partial charge in [0.25, 0.3) is 5.91 Å². The predicted octanol–water partition coefficient (Wildman–Crippen LogP) is 1.71. The van der Waals surface area contributed by atoms with Crippen LogP contribution in [0.1, 0.15) is 23.0 Å². The summed E-state index contributed by atoms with van der Waals surface area (Å²) in [7, 11) is -2.57. The molecule has 1 unspecified atom stereocenters. The molecule has 0 spiro atoms. The Morgan fingerprint density at radius 1 is 1.34 bits per heavy atom. The van der Waals surface area contributed by atoms with Crippen LogP contribution >= 0.6 is 8.25 Å². The van der Waals surface area contributed by atoms with Crippen molar-refractivity contribution >= 4 is 31.1 Å². The first-order valence-corrected chi connectivity index (χ1v) is 11.7.